The first-order valence-electron chi connectivity index (χ1n) is 10.8. The maximum atomic E-state index is 12.1. The fraction of sp³-hybridized carbons (Fsp3) is 0.739. The van der Waals surface area contributed by atoms with Gasteiger partial charge in [-0.2, -0.15) is 0 Å². The molecule has 1 aliphatic carbocycles. The van der Waals surface area contributed by atoms with Crippen molar-refractivity contribution in [2.75, 3.05) is 20.3 Å². The van der Waals surface area contributed by atoms with Gasteiger partial charge in [0, 0.05) is 18.9 Å². The van der Waals surface area contributed by atoms with Gasteiger partial charge < -0.3 is 14.6 Å². The molecule has 0 aromatic heterocycles. The van der Waals surface area contributed by atoms with Gasteiger partial charge >= 0.3 is 5.97 Å². The van der Waals surface area contributed by atoms with E-state index in [1.165, 1.54) is 7.11 Å². The van der Waals surface area contributed by atoms with Crippen molar-refractivity contribution in [3.8, 4) is 0 Å². The van der Waals surface area contributed by atoms with Gasteiger partial charge in [-0.05, 0) is 25.3 Å². The molecule has 0 amide bonds. The Morgan fingerprint density at radius 1 is 1.18 bits per heavy atom. The Bertz CT molecular complexity index is 497. The molecule has 0 aromatic rings. The van der Waals surface area contributed by atoms with Crippen molar-refractivity contribution in [2.45, 2.75) is 77.2 Å². The lowest BCUT2D eigenvalue weighted by atomic mass is 9.88. The molecule has 0 bridgehead atoms. The summed E-state index contributed by atoms with van der Waals surface area (Å²) in [6.45, 7) is 2.61. The van der Waals surface area contributed by atoms with Crippen molar-refractivity contribution in [1.29, 1.82) is 0 Å². The van der Waals surface area contributed by atoms with Gasteiger partial charge in [0.05, 0.1) is 12.7 Å². The molecule has 28 heavy (non-hydrogen) atoms. The topological polar surface area (TPSA) is 72.8 Å². The number of hydrogen-bond acceptors (Lipinski definition) is 5. The van der Waals surface area contributed by atoms with Crippen molar-refractivity contribution in [2.24, 2.45) is 11.8 Å². The number of ketones is 1. The second kappa shape index (κ2) is 15.5. The number of carbonyl (C=O) groups is 2. The first-order chi connectivity index (χ1) is 13.6. The predicted molar refractivity (Wildman–Crippen MR) is 111 cm³/mol. The van der Waals surface area contributed by atoms with Gasteiger partial charge in [-0.3, -0.25) is 4.79 Å². The minimum Gasteiger partial charge on any atom is -0.464 e. The molecule has 0 radical (unpaired) electrons. The molecule has 0 unspecified atom stereocenters. The summed E-state index contributed by atoms with van der Waals surface area (Å²) in [6.07, 6.45) is 17.2. The highest BCUT2D eigenvalue weighted by molar-refractivity contribution is 5.94. The smallest absolute Gasteiger partial charge is 0.332 e. The summed E-state index contributed by atoms with van der Waals surface area (Å²) in [6, 6.07) is 0. The van der Waals surface area contributed by atoms with Crippen LogP contribution in [-0.2, 0) is 19.1 Å². The molecule has 3 atom stereocenters. The van der Waals surface area contributed by atoms with E-state index in [0.717, 1.165) is 64.2 Å². The van der Waals surface area contributed by atoms with Crippen LogP contribution >= 0.6 is 0 Å². The van der Waals surface area contributed by atoms with E-state index in [-0.39, 0.29) is 30.2 Å². The summed E-state index contributed by atoms with van der Waals surface area (Å²) in [7, 11) is 1.47. The molecule has 1 N–H and O–H groups in total. The first-order valence-corrected chi connectivity index (χ1v) is 10.8. The summed E-state index contributed by atoms with van der Waals surface area (Å²) in [4.78, 5) is 23.3. The second-order valence-electron chi connectivity index (χ2n) is 7.60. The van der Waals surface area contributed by atoms with Crippen LogP contribution < -0.4 is 0 Å². The van der Waals surface area contributed by atoms with Crippen LogP contribution in [0.5, 0.6) is 0 Å². The number of allylic oxidation sites excluding steroid dienone is 3. The molecule has 0 saturated heterocycles. The number of hydrogen-bond donors (Lipinski definition) is 1. The van der Waals surface area contributed by atoms with Crippen molar-refractivity contribution in [1.82, 2.24) is 0 Å². The summed E-state index contributed by atoms with van der Waals surface area (Å²) < 4.78 is 9.74. The van der Waals surface area contributed by atoms with E-state index in [1.54, 1.807) is 6.08 Å². The predicted octanol–water partition coefficient (Wildman–Crippen LogP) is 4.39. The van der Waals surface area contributed by atoms with E-state index in [2.05, 4.69) is 6.92 Å². The Kier molecular flexibility index (Phi) is 13.6. The van der Waals surface area contributed by atoms with Gasteiger partial charge in [0.2, 0.25) is 0 Å². The van der Waals surface area contributed by atoms with Gasteiger partial charge in [0.25, 0.3) is 0 Å². The highest BCUT2D eigenvalue weighted by Crippen LogP contribution is 2.29. The largest absolute Gasteiger partial charge is 0.464 e. The summed E-state index contributed by atoms with van der Waals surface area (Å²) >= 11 is 0. The minimum absolute atomic E-state index is 0.00876. The van der Waals surface area contributed by atoms with Crippen LogP contribution in [-0.4, -0.2) is 43.3 Å². The monoisotopic (exact) mass is 394 g/mol. The van der Waals surface area contributed by atoms with E-state index >= 15 is 0 Å². The molecule has 5 nitrogen and oxygen atoms in total. The number of aliphatic hydroxyl groups excluding tert-OH is 1. The summed E-state index contributed by atoms with van der Waals surface area (Å²) in [5, 5.41) is 10.0. The third kappa shape index (κ3) is 10.8. The fourth-order valence-corrected chi connectivity index (χ4v) is 3.48. The van der Waals surface area contributed by atoms with Crippen molar-refractivity contribution < 1.29 is 24.2 Å². The quantitative estimate of drug-likeness (QED) is 0.239. The number of carbonyl (C=O) groups excluding carboxylic acids is 2. The van der Waals surface area contributed by atoms with Crippen LogP contribution in [0.15, 0.2) is 24.3 Å². The fourth-order valence-electron chi connectivity index (χ4n) is 3.48. The Balaban J connectivity index is 2.16. The van der Waals surface area contributed by atoms with Crippen LogP contribution in [0.3, 0.4) is 0 Å². The molecule has 0 fully saturated rings. The van der Waals surface area contributed by atoms with E-state index in [0.29, 0.717) is 6.61 Å². The molecule has 0 spiro atoms. The van der Waals surface area contributed by atoms with E-state index in [4.69, 9.17) is 9.47 Å². The maximum absolute atomic E-state index is 12.1. The Morgan fingerprint density at radius 3 is 2.68 bits per heavy atom. The van der Waals surface area contributed by atoms with Gasteiger partial charge in [-0.1, -0.05) is 70.1 Å². The number of esters is 1. The zero-order valence-corrected chi connectivity index (χ0v) is 17.6. The normalized spacial score (nSPS) is 20.2. The van der Waals surface area contributed by atoms with Gasteiger partial charge in [-0.25, -0.2) is 4.79 Å². The number of ether oxygens (including phenoxy) is 2. The summed E-state index contributed by atoms with van der Waals surface area (Å²) in [5.74, 6) is 0.0344. The van der Waals surface area contributed by atoms with Gasteiger partial charge in [-0.15, -0.1) is 0 Å². The number of rotatable bonds is 16. The molecule has 0 aliphatic heterocycles. The van der Waals surface area contributed by atoms with Crippen molar-refractivity contribution in [3.63, 3.8) is 0 Å². The van der Waals surface area contributed by atoms with E-state index in [9.17, 15) is 14.7 Å². The zero-order chi connectivity index (χ0) is 20.6. The second-order valence-corrected chi connectivity index (χ2v) is 7.60. The van der Waals surface area contributed by atoms with Crippen molar-refractivity contribution in [3.05, 3.63) is 24.3 Å². The van der Waals surface area contributed by atoms with Crippen molar-refractivity contribution >= 4 is 11.8 Å². The number of unbranched alkanes of at least 4 members (excludes halogenated alkanes) is 6. The third-order valence-electron chi connectivity index (χ3n) is 5.16. The molecule has 0 aromatic carbocycles. The standard InChI is InChI=1S/C23H38O5/c1-3-4-8-11-20(24)15-13-19-14-16-22(25)21(19)12-9-6-5-7-10-17-28-23(26)18-27-2/h13-16,19-21,24H,3-12,17-18H2,1-2H3/t19-,20-,21+/m0/s1. The Hall–Kier alpha value is -1.46. The van der Waals surface area contributed by atoms with E-state index < -0.39 is 6.10 Å². The molecule has 1 rings (SSSR count). The average molecular weight is 395 g/mol. The Morgan fingerprint density at radius 2 is 1.93 bits per heavy atom. The van der Waals surface area contributed by atoms with Crippen LogP contribution in [0.2, 0.25) is 0 Å². The lowest BCUT2D eigenvalue weighted by Gasteiger charge is -2.15. The molecule has 1 aliphatic rings. The molecule has 5 heteroatoms. The lowest BCUT2D eigenvalue weighted by molar-refractivity contribution is -0.148. The SMILES string of the molecule is CCCCC[C@H](O)C=C[C@H]1C=CC(=O)[C@@H]1CCCCCCCOC(=O)COC. The minimum atomic E-state index is -0.408. The zero-order valence-electron chi connectivity index (χ0n) is 17.6. The molecule has 0 saturated carbocycles. The first kappa shape index (κ1) is 24.6. The van der Waals surface area contributed by atoms with Crippen LogP contribution in [0.1, 0.15) is 71.1 Å². The Labute approximate surface area is 170 Å². The van der Waals surface area contributed by atoms with Gasteiger partial charge in [0.1, 0.15) is 6.61 Å². The number of methoxy groups -OCH3 is 1. The molecular formula is C23H38O5. The highest BCUT2D eigenvalue weighted by atomic mass is 16.6. The molecule has 160 valence electrons. The van der Waals surface area contributed by atoms with Crippen LogP contribution in [0, 0.1) is 11.8 Å². The average Bonchev–Trinajstić information content (AvgIpc) is 3.02. The van der Waals surface area contributed by atoms with E-state index in [1.807, 2.05) is 18.2 Å². The summed E-state index contributed by atoms with van der Waals surface area (Å²) in [5.41, 5.74) is 0. The molecular weight excluding hydrogens is 356 g/mol. The van der Waals surface area contributed by atoms with Crippen LogP contribution in [0.4, 0.5) is 0 Å². The van der Waals surface area contributed by atoms with Crippen LogP contribution in [0.25, 0.3) is 0 Å². The third-order valence-corrected chi connectivity index (χ3v) is 5.16. The lowest BCUT2D eigenvalue weighted by Crippen LogP contribution is -2.15. The van der Waals surface area contributed by atoms with Gasteiger partial charge in [0.15, 0.2) is 5.78 Å². The molecule has 0 heterocycles. The highest BCUT2D eigenvalue weighted by Gasteiger charge is 2.27. The maximum Gasteiger partial charge on any atom is 0.332 e. The number of aliphatic hydroxyl groups is 1.